The molecule has 5 heteroatoms. The van der Waals surface area contributed by atoms with Crippen LogP contribution in [-0.2, 0) is 12.4 Å². The Labute approximate surface area is 77.7 Å². The van der Waals surface area contributed by atoms with Crippen molar-refractivity contribution >= 4 is 27.5 Å². The topological polar surface area (TPSA) is 41.6 Å². The molecule has 0 N–H and O–H groups in total. The summed E-state index contributed by atoms with van der Waals surface area (Å²) in [5, 5.41) is 13.5. The average Bonchev–Trinajstić information content (AvgIpc) is 2.28. The van der Waals surface area contributed by atoms with Gasteiger partial charge in [0.15, 0.2) is 5.69 Å². The van der Waals surface area contributed by atoms with Gasteiger partial charge in [-0.15, -0.1) is 0 Å². The van der Waals surface area contributed by atoms with Gasteiger partial charge in [-0.05, 0) is 0 Å². The molecule has 58 valence electrons. The fourth-order valence-corrected chi connectivity index (χ4v) is 1.64. The van der Waals surface area contributed by atoms with Crippen LogP contribution >= 0.6 is 27.5 Å². The first kappa shape index (κ1) is 8.57. The molecule has 0 aliphatic heterocycles. The largest absolute Gasteiger partial charge is 0.255 e. The number of alkyl halides is 1. The van der Waals surface area contributed by atoms with Gasteiger partial charge in [0, 0.05) is 17.9 Å². The number of halogens is 2. The number of hydrogen-bond donors (Lipinski definition) is 0. The molecule has 1 rings (SSSR count). The zero-order valence-electron chi connectivity index (χ0n) is 5.80. The van der Waals surface area contributed by atoms with Gasteiger partial charge < -0.3 is 0 Å². The summed E-state index contributed by atoms with van der Waals surface area (Å²) in [6, 6.07) is 1.96. The lowest BCUT2D eigenvalue weighted by Gasteiger charge is -1.90. The first-order valence-electron chi connectivity index (χ1n) is 2.88. The van der Waals surface area contributed by atoms with E-state index in [1.54, 1.807) is 7.05 Å². The van der Waals surface area contributed by atoms with E-state index >= 15 is 0 Å². The van der Waals surface area contributed by atoms with Crippen LogP contribution in [0.5, 0.6) is 0 Å². The molecule has 0 amide bonds. The van der Waals surface area contributed by atoms with E-state index in [9.17, 15) is 0 Å². The van der Waals surface area contributed by atoms with Crippen LogP contribution in [0.1, 0.15) is 11.3 Å². The zero-order valence-corrected chi connectivity index (χ0v) is 8.15. The quantitative estimate of drug-likeness (QED) is 0.696. The lowest BCUT2D eigenvalue weighted by molar-refractivity contribution is 0.764. The van der Waals surface area contributed by atoms with Crippen molar-refractivity contribution < 1.29 is 0 Å². The fourth-order valence-electron chi connectivity index (χ4n) is 0.756. The molecule has 0 saturated carbocycles. The van der Waals surface area contributed by atoms with E-state index in [1.807, 2.05) is 6.07 Å². The van der Waals surface area contributed by atoms with Crippen LogP contribution in [-0.4, -0.2) is 9.78 Å². The van der Waals surface area contributed by atoms with Gasteiger partial charge in [-0.1, -0.05) is 27.5 Å². The third kappa shape index (κ3) is 1.39. The van der Waals surface area contributed by atoms with Gasteiger partial charge in [0.2, 0.25) is 0 Å². The van der Waals surface area contributed by atoms with E-state index in [2.05, 4.69) is 21.0 Å². The molecular formula is C6H5BrClN3. The Hall–Kier alpha value is -0.530. The maximum atomic E-state index is 8.58. The predicted molar refractivity (Wildman–Crippen MR) is 45.6 cm³/mol. The van der Waals surface area contributed by atoms with Crippen molar-refractivity contribution in [2.45, 2.75) is 5.33 Å². The highest BCUT2D eigenvalue weighted by atomic mass is 79.9. The second-order valence-electron chi connectivity index (χ2n) is 1.99. The van der Waals surface area contributed by atoms with E-state index < -0.39 is 0 Å². The molecule has 0 fully saturated rings. The van der Waals surface area contributed by atoms with Gasteiger partial charge in [-0.2, -0.15) is 10.4 Å². The highest BCUT2D eigenvalue weighted by Gasteiger charge is 2.11. The van der Waals surface area contributed by atoms with Gasteiger partial charge in [0.1, 0.15) is 11.2 Å². The number of nitriles is 1. The minimum Gasteiger partial charge on any atom is -0.255 e. The van der Waals surface area contributed by atoms with E-state index in [0.29, 0.717) is 16.2 Å². The van der Waals surface area contributed by atoms with Crippen LogP contribution < -0.4 is 0 Å². The lowest BCUT2D eigenvalue weighted by atomic mass is 10.3. The Morgan fingerprint density at radius 3 is 2.82 bits per heavy atom. The molecule has 0 bridgehead atoms. The van der Waals surface area contributed by atoms with Crippen molar-refractivity contribution in [1.82, 2.24) is 9.78 Å². The number of aromatic nitrogens is 2. The summed E-state index contributed by atoms with van der Waals surface area (Å²) in [5.41, 5.74) is 1.13. The maximum absolute atomic E-state index is 8.58. The van der Waals surface area contributed by atoms with Crippen LogP contribution in [0.15, 0.2) is 0 Å². The summed E-state index contributed by atoms with van der Waals surface area (Å²) in [6.45, 7) is 0. The Morgan fingerprint density at radius 1 is 1.82 bits per heavy atom. The standard InChI is InChI=1S/C6H5BrClN3/c1-11-6(8)4(2-7)5(3-9)10-11/h2H2,1H3. The summed E-state index contributed by atoms with van der Waals surface area (Å²) in [5.74, 6) is 0. The normalized spacial score (nSPS) is 9.64. The summed E-state index contributed by atoms with van der Waals surface area (Å²) in [6.07, 6.45) is 0. The number of hydrogen-bond acceptors (Lipinski definition) is 2. The summed E-state index contributed by atoms with van der Waals surface area (Å²) in [4.78, 5) is 0. The third-order valence-corrected chi connectivity index (χ3v) is 2.34. The van der Waals surface area contributed by atoms with E-state index in [0.717, 1.165) is 5.56 Å². The van der Waals surface area contributed by atoms with Gasteiger partial charge in [0.25, 0.3) is 0 Å². The van der Waals surface area contributed by atoms with Crippen molar-refractivity contribution in [3.8, 4) is 6.07 Å². The molecule has 3 nitrogen and oxygen atoms in total. The first-order valence-corrected chi connectivity index (χ1v) is 4.38. The molecule has 0 aliphatic rings. The SMILES string of the molecule is Cn1nc(C#N)c(CBr)c1Cl. The van der Waals surface area contributed by atoms with Crippen molar-refractivity contribution in [3.63, 3.8) is 0 Å². The molecule has 0 unspecified atom stereocenters. The molecule has 11 heavy (non-hydrogen) atoms. The van der Waals surface area contributed by atoms with Crippen molar-refractivity contribution in [1.29, 1.82) is 5.26 Å². The zero-order chi connectivity index (χ0) is 8.43. The molecule has 1 aromatic rings. The molecule has 1 heterocycles. The summed E-state index contributed by atoms with van der Waals surface area (Å²) >= 11 is 9.04. The highest BCUT2D eigenvalue weighted by molar-refractivity contribution is 9.08. The second kappa shape index (κ2) is 3.24. The van der Waals surface area contributed by atoms with E-state index in [1.165, 1.54) is 4.68 Å². The highest BCUT2D eigenvalue weighted by Crippen LogP contribution is 2.20. The molecule has 0 saturated heterocycles. The van der Waals surface area contributed by atoms with E-state index in [-0.39, 0.29) is 0 Å². The van der Waals surface area contributed by atoms with Gasteiger partial charge in [-0.3, -0.25) is 4.68 Å². The third-order valence-electron chi connectivity index (χ3n) is 1.31. The van der Waals surface area contributed by atoms with Gasteiger partial charge >= 0.3 is 0 Å². The molecule has 1 aromatic heterocycles. The lowest BCUT2D eigenvalue weighted by Crippen LogP contribution is -1.89. The first-order chi connectivity index (χ1) is 5.20. The van der Waals surface area contributed by atoms with Crippen molar-refractivity contribution in [2.24, 2.45) is 7.05 Å². The number of rotatable bonds is 1. The van der Waals surface area contributed by atoms with Gasteiger partial charge in [0.05, 0.1) is 0 Å². The Morgan fingerprint density at radius 2 is 2.45 bits per heavy atom. The van der Waals surface area contributed by atoms with Crippen molar-refractivity contribution in [2.75, 3.05) is 0 Å². The maximum Gasteiger partial charge on any atom is 0.168 e. The van der Waals surface area contributed by atoms with Crippen LogP contribution in [0.4, 0.5) is 0 Å². The van der Waals surface area contributed by atoms with Crippen LogP contribution in [0.25, 0.3) is 0 Å². The van der Waals surface area contributed by atoms with Crippen LogP contribution in [0.2, 0.25) is 5.15 Å². The van der Waals surface area contributed by atoms with E-state index in [4.69, 9.17) is 16.9 Å². The molecule has 0 radical (unpaired) electrons. The minimum atomic E-state index is 0.384. The smallest absolute Gasteiger partial charge is 0.168 e. The number of aryl methyl sites for hydroxylation is 1. The van der Waals surface area contributed by atoms with Crippen molar-refractivity contribution in [3.05, 3.63) is 16.4 Å². The Balaban J connectivity index is 3.29. The average molecular weight is 234 g/mol. The molecule has 0 aromatic carbocycles. The molecule has 0 aliphatic carbocycles. The van der Waals surface area contributed by atoms with Crippen LogP contribution in [0, 0.1) is 11.3 Å². The summed E-state index contributed by atoms with van der Waals surface area (Å²) in [7, 11) is 1.70. The Kier molecular flexibility index (Phi) is 2.53. The molecule has 0 atom stereocenters. The number of nitrogens with zero attached hydrogens (tertiary/aromatic N) is 3. The molecular weight excluding hydrogens is 229 g/mol. The Bertz CT molecular complexity index is 312. The fraction of sp³-hybridized carbons (Fsp3) is 0.333. The summed E-state index contributed by atoms with van der Waals surface area (Å²) < 4.78 is 1.48. The minimum absolute atomic E-state index is 0.384. The second-order valence-corrected chi connectivity index (χ2v) is 2.91. The monoisotopic (exact) mass is 233 g/mol. The molecule has 0 spiro atoms. The predicted octanol–water partition coefficient (Wildman–Crippen LogP) is 1.84. The van der Waals surface area contributed by atoms with Gasteiger partial charge in [-0.25, -0.2) is 0 Å². The van der Waals surface area contributed by atoms with Crippen LogP contribution in [0.3, 0.4) is 0 Å².